The van der Waals surface area contributed by atoms with E-state index in [1.807, 2.05) is 6.07 Å². The molecule has 5 nitrogen and oxygen atoms in total. The van der Waals surface area contributed by atoms with Crippen LogP contribution in [-0.4, -0.2) is 24.0 Å². The quantitative estimate of drug-likeness (QED) is 0.454. The molecule has 166 valence electrons. The maximum absolute atomic E-state index is 13.3. The van der Waals surface area contributed by atoms with Gasteiger partial charge < -0.3 is 10.1 Å². The molecule has 1 saturated carbocycles. The minimum absolute atomic E-state index is 0.118. The van der Waals surface area contributed by atoms with Gasteiger partial charge in [0, 0.05) is 6.20 Å². The highest BCUT2D eigenvalue weighted by Crippen LogP contribution is 2.36. The highest BCUT2D eigenvalue weighted by Gasteiger charge is 2.29. The van der Waals surface area contributed by atoms with Gasteiger partial charge in [-0.1, -0.05) is 68.3 Å². The number of ether oxygens (including phenoxy) is 1. The number of nitrogens with one attached hydrogen (secondary N) is 1. The van der Waals surface area contributed by atoms with Gasteiger partial charge in [-0.2, -0.15) is 0 Å². The van der Waals surface area contributed by atoms with Crippen molar-refractivity contribution in [1.82, 2.24) is 4.98 Å². The molecule has 1 aromatic carbocycles. The Morgan fingerprint density at radius 3 is 2.52 bits per heavy atom. The molecular formula is C24H28Cl2N2O3. The molecule has 0 bridgehead atoms. The van der Waals surface area contributed by atoms with Crippen LogP contribution >= 0.6 is 23.2 Å². The number of anilines is 1. The van der Waals surface area contributed by atoms with E-state index in [4.69, 9.17) is 23.2 Å². The largest absolute Gasteiger partial charge is 0.465 e. The van der Waals surface area contributed by atoms with Crippen LogP contribution < -0.4 is 5.32 Å². The lowest BCUT2D eigenvalue weighted by Gasteiger charge is -2.25. The van der Waals surface area contributed by atoms with Crippen LogP contribution in [0.15, 0.2) is 36.5 Å². The van der Waals surface area contributed by atoms with Crippen LogP contribution in [0.1, 0.15) is 67.3 Å². The number of hydrogen-bond donors (Lipinski definition) is 1. The second-order valence-corrected chi connectivity index (χ2v) is 9.08. The first-order valence-corrected chi connectivity index (χ1v) is 11.4. The number of pyridine rings is 1. The summed E-state index contributed by atoms with van der Waals surface area (Å²) < 4.78 is 4.69. The second kappa shape index (κ2) is 11.0. The zero-order chi connectivity index (χ0) is 22.4. The SMILES string of the molecule is COC(=O)c1ccc(NC(=O)C(c2ccc(Cl)c(Cl)c2)[C@@H](C)CCC2CCCC2)nc1. The van der Waals surface area contributed by atoms with Crippen molar-refractivity contribution >= 4 is 40.9 Å². The molecule has 31 heavy (non-hydrogen) atoms. The third-order valence-corrected chi connectivity index (χ3v) is 6.83. The first kappa shape index (κ1) is 23.6. The molecule has 1 amide bonds. The van der Waals surface area contributed by atoms with Crippen LogP contribution in [0.25, 0.3) is 0 Å². The average Bonchev–Trinajstić information content (AvgIpc) is 3.28. The number of methoxy groups -OCH3 is 1. The van der Waals surface area contributed by atoms with E-state index in [1.54, 1.807) is 24.3 Å². The minimum Gasteiger partial charge on any atom is -0.465 e. The van der Waals surface area contributed by atoms with E-state index in [-0.39, 0.29) is 11.8 Å². The molecule has 2 atom stereocenters. The molecule has 0 radical (unpaired) electrons. The molecule has 7 heteroatoms. The van der Waals surface area contributed by atoms with Crippen LogP contribution in [-0.2, 0) is 9.53 Å². The van der Waals surface area contributed by atoms with E-state index in [1.165, 1.54) is 39.0 Å². The first-order chi connectivity index (χ1) is 14.9. The Kier molecular flexibility index (Phi) is 8.33. The summed E-state index contributed by atoms with van der Waals surface area (Å²) in [6.07, 6.45) is 8.65. The van der Waals surface area contributed by atoms with Crippen molar-refractivity contribution in [2.24, 2.45) is 11.8 Å². The van der Waals surface area contributed by atoms with Crippen LogP contribution in [0.4, 0.5) is 5.82 Å². The molecule has 2 aromatic rings. The van der Waals surface area contributed by atoms with Gasteiger partial charge >= 0.3 is 5.97 Å². The average molecular weight is 463 g/mol. The number of carbonyl (C=O) groups is 2. The predicted molar refractivity (Wildman–Crippen MR) is 124 cm³/mol. The zero-order valence-electron chi connectivity index (χ0n) is 17.9. The monoisotopic (exact) mass is 462 g/mol. The standard InChI is InChI=1S/C24H28Cl2N2O3/c1-15(7-8-16-5-3-4-6-16)22(17-9-11-19(25)20(26)13-17)23(29)28-21-12-10-18(14-27-21)24(30)31-2/h9-16,22H,3-8H2,1-2H3,(H,27,28,29)/t15-,22?/m0/s1. The molecule has 1 N–H and O–H groups in total. The smallest absolute Gasteiger partial charge is 0.339 e. The van der Waals surface area contributed by atoms with E-state index >= 15 is 0 Å². The zero-order valence-corrected chi connectivity index (χ0v) is 19.4. The predicted octanol–water partition coefficient (Wildman–Crippen LogP) is 6.50. The number of carbonyl (C=O) groups excluding carboxylic acids is 2. The van der Waals surface area contributed by atoms with Gasteiger partial charge in [0.05, 0.1) is 28.6 Å². The van der Waals surface area contributed by atoms with Crippen molar-refractivity contribution in [1.29, 1.82) is 0 Å². The molecule has 1 aromatic heterocycles. The number of halogens is 2. The molecule has 1 unspecified atom stereocenters. The van der Waals surface area contributed by atoms with Crippen molar-refractivity contribution in [3.05, 3.63) is 57.7 Å². The van der Waals surface area contributed by atoms with Crippen molar-refractivity contribution in [3.8, 4) is 0 Å². The third kappa shape index (κ3) is 6.20. The Morgan fingerprint density at radius 2 is 1.90 bits per heavy atom. The normalized spacial score (nSPS) is 16.0. The summed E-state index contributed by atoms with van der Waals surface area (Å²) in [4.78, 5) is 29.1. The van der Waals surface area contributed by atoms with E-state index < -0.39 is 11.9 Å². The highest BCUT2D eigenvalue weighted by atomic mass is 35.5. The Hall–Kier alpha value is -2.11. The van der Waals surface area contributed by atoms with Crippen molar-refractivity contribution in [3.63, 3.8) is 0 Å². The maximum atomic E-state index is 13.3. The number of benzene rings is 1. The molecule has 3 rings (SSSR count). The summed E-state index contributed by atoms with van der Waals surface area (Å²) in [7, 11) is 1.31. The van der Waals surface area contributed by atoms with Gasteiger partial charge in [0.25, 0.3) is 0 Å². The van der Waals surface area contributed by atoms with E-state index in [0.29, 0.717) is 21.4 Å². The highest BCUT2D eigenvalue weighted by molar-refractivity contribution is 6.42. The lowest BCUT2D eigenvalue weighted by molar-refractivity contribution is -0.118. The second-order valence-electron chi connectivity index (χ2n) is 8.27. The fourth-order valence-corrected chi connectivity index (χ4v) is 4.63. The molecule has 0 spiro atoms. The van der Waals surface area contributed by atoms with E-state index in [0.717, 1.165) is 24.3 Å². The van der Waals surface area contributed by atoms with Crippen LogP contribution in [0.3, 0.4) is 0 Å². The summed E-state index contributed by atoms with van der Waals surface area (Å²) in [5.74, 6) is 0.235. The van der Waals surface area contributed by atoms with Crippen LogP contribution in [0.2, 0.25) is 10.0 Å². The Morgan fingerprint density at radius 1 is 1.16 bits per heavy atom. The summed E-state index contributed by atoms with van der Waals surface area (Å²) in [6.45, 7) is 2.11. The number of hydrogen-bond acceptors (Lipinski definition) is 4. The number of esters is 1. The summed E-state index contributed by atoms with van der Waals surface area (Å²) in [6, 6.07) is 8.53. The Bertz CT molecular complexity index is 912. The van der Waals surface area contributed by atoms with Gasteiger partial charge in [-0.05, 0) is 48.1 Å². The van der Waals surface area contributed by atoms with Gasteiger partial charge in [-0.25, -0.2) is 9.78 Å². The van der Waals surface area contributed by atoms with E-state index in [2.05, 4.69) is 22.0 Å². The lowest BCUT2D eigenvalue weighted by Crippen LogP contribution is -2.27. The van der Waals surface area contributed by atoms with Crippen LogP contribution in [0.5, 0.6) is 0 Å². The first-order valence-electron chi connectivity index (χ1n) is 10.7. The van der Waals surface area contributed by atoms with Crippen LogP contribution in [0, 0.1) is 11.8 Å². The molecule has 1 aliphatic rings. The summed E-state index contributed by atoms with van der Waals surface area (Å²) >= 11 is 12.3. The number of nitrogens with zero attached hydrogens (tertiary/aromatic N) is 1. The summed E-state index contributed by atoms with van der Waals surface area (Å²) in [5.41, 5.74) is 1.16. The summed E-state index contributed by atoms with van der Waals surface area (Å²) in [5, 5.41) is 3.78. The minimum atomic E-state index is -0.473. The number of aromatic nitrogens is 1. The Labute approximate surface area is 193 Å². The van der Waals surface area contributed by atoms with Crippen molar-refractivity contribution < 1.29 is 14.3 Å². The fraction of sp³-hybridized carbons (Fsp3) is 0.458. The van der Waals surface area contributed by atoms with Crippen molar-refractivity contribution in [2.75, 3.05) is 12.4 Å². The molecule has 0 aliphatic heterocycles. The van der Waals surface area contributed by atoms with Crippen molar-refractivity contribution in [2.45, 2.75) is 51.4 Å². The topological polar surface area (TPSA) is 68.3 Å². The number of amides is 1. The molecule has 1 aliphatic carbocycles. The van der Waals surface area contributed by atoms with E-state index in [9.17, 15) is 9.59 Å². The number of rotatable bonds is 8. The Balaban J connectivity index is 1.77. The molecule has 1 fully saturated rings. The van der Waals surface area contributed by atoms with Gasteiger partial charge in [-0.3, -0.25) is 4.79 Å². The molecule has 1 heterocycles. The van der Waals surface area contributed by atoms with Gasteiger partial charge in [-0.15, -0.1) is 0 Å². The van der Waals surface area contributed by atoms with Gasteiger partial charge in [0.1, 0.15) is 5.82 Å². The van der Waals surface area contributed by atoms with Gasteiger partial charge in [0.2, 0.25) is 5.91 Å². The lowest BCUT2D eigenvalue weighted by atomic mass is 9.82. The fourth-order valence-electron chi connectivity index (χ4n) is 4.32. The maximum Gasteiger partial charge on any atom is 0.339 e. The third-order valence-electron chi connectivity index (χ3n) is 6.10. The van der Waals surface area contributed by atoms with Gasteiger partial charge in [0.15, 0.2) is 0 Å². The molecule has 0 saturated heterocycles. The molecular weight excluding hydrogens is 435 g/mol.